The molecule has 6 heteroatoms. The molecule has 0 aromatic rings. The molecule has 0 aromatic heterocycles. The summed E-state index contributed by atoms with van der Waals surface area (Å²) in [4.78, 5) is 26.5. The Hall–Kier alpha value is -1.66. The van der Waals surface area contributed by atoms with Crippen molar-refractivity contribution >= 4 is 11.9 Å². The summed E-state index contributed by atoms with van der Waals surface area (Å²) in [6, 6.07) is 0. The highest BCUT2D eigenvalue weighted by Gasteiger charge is 2.70. The molecule has 6 nitrogen and oxygen atoms in total. The summed E-state index contributed by atoms with van der Waals surface area (Å²) in [7, 11) is 0. The van der Waals surface area contributed by atoms with Crippen molar-refractivity contribution in [2.75, 3.05) is 0 Å². The van der Waals surface area contributed by atoms with Crippen molar-refractivity contribution in [2.45, 2.75) is 124 Å². The maximum absolute atomic E-state index is 13.4. The van der Waals surface area contributed by atoms with Gasteiger partial charge in [0.15, 0.2) is 0 Å². The SMILES string of the molecule is CCC(O)CC(=O)O[C@@H]1CC2[C@@]3(C)CCC[C@](C)(CC)C3CC[C@@]2(C)C2C=CC3=C(C(=O)O[C@]3(C)O)[C@]21C. The zero-order valence-electron chi connectivity index (χ0n) is 24.4. The van der Waals surface area contributed by atoms with Crippen LogP contribution in [0, 0.1) is 39.4 Å². The van der Waals surface area contributed by atoms with Gasteiger partial charge in [-0.25, -0.2) is 4.79 Å². The van der Waals surface area contributed by atoms with Crippen molar-refractivity contribution in [3.63, 3.8) is 0 Å². The van der Waals surface area contributed by atoms with Gasteiger partial charge in [0.05, 0.1) is 18.1 Å². The lowest BCUT2D eigenvalue weighted by atomic mass is 9.35. The summed E-state index contributed by atoms with van der Waals surface area (Å²) in [5.74, 6) is -1.77. The molecule has 1 heterocycles. The molecule has 0 saturated heterocycles. The number of hydrogen-bond acceptors (Lipinski definition) is 6. The van der Waals surface area contributed by atoms with E-state index < -0.39 is 35.3 Å². The van der Waals surface area contributed by atoms with Crippen molar-refractivity contribution in [1.29, 1.82) is 0 Å². The molecule has 2 N–H and O–H groups in total. The zero-order valence-corrected chi connectivity index (χ0v) is 24.4. The summed E-state index contributed by atoms with van der Waals surface area (Å²) in [5.41, 5.74) is 0.424. The number of hydrogen-bond donors (Lipinski definition) is 2. The lowest BCUT2D eigenvalue weighted by molar-refractivity contribution is -0.218. The highest BCUT2D eigenvalue weighted by Crippen LogP contribution is 2.73. The van der Waals surface area contributed by atoms with E-state index in [9.17, 15) is 19.8 Å². The van der Waals surface area contributed by atoms with Crippen molar-refractivity contribution in [3.05, 3.63) is 23.3 Å². The second-order valence-corrected chi connectivity index (χ2v) is 14.3. The second-order valence-electron chi connectivity index (χ2n) is 14.3. The quantitative estimate of drug-likeness (QED) is 0.435. The van der Waals surface area contributed by atoms with Crippen LogP contribution in [0.3, 0.4) is 0 Å². The number of cyclic esters (lactones) is 1. The first kappa shape index (κ1) is 27.9. The molecule has 5 rings (SSSR count). The molecule has 3 fully saturated rings. The molecule has 4 aliphatic carbocycles. The normalized spacial score (nSPS) is 48.4. The van der Waals surface area contributed by atoms with E-state index in [4.69, 9.17) is 9.47 Å². The Balaban J connectivity index is 1.62. The van der Waals surface area contributed by atoms with Crippen LogP contribution in [-0.2, 0) is 19.1 Å². The fourth-order valence-electron chi connectivity index (χ4n) is 10.2. The standard InChI is InChI=1S/C32H48O6/c1-8-19(33)17-25(34)37-24-18-23-29(4)15-10-14-28(3,9-2)21(29)13-16-30(23,5)22-12-11-20-26(31(22,24)6)27(35)38-32(20,7)36/h11-12,19,21-24,33,36H,8-10,13-18H2,1-7H3/t19?,21?,22?,23?,24-,28+,29+,30+,31-,32+/m1/s1. The first-order valence-corrected chi connectivity index (χ1v) is 14.9. The molecule has 4 unspecified atom stereocenters. The van der Waals surface area contributed by atoms with Gasteiger partial charge in [0, 0.05) is 17.9 Å². The lowest BCUT2D eigenvalue weighted by Gasteiger charge is -2.69. The Morgan fingerprint density at radius 1 is 1.11 bits per heavy atom. The summed E-state index contributed by atoms with van der Waals surface area (Å²) in [5, 5.41) is 21.2. The van der Waals surface area contributed by atoms with Crippen LogP contribution in [-0.4, -0.2) is 40.1 Å². The van der Waals surface area contributed by atoms with E-state index in [0.717, 1.165) is 12.8 Å². The van der Waals surface area contributed by atoms with Gasteiger partial charge in [-0.2, -0.15) is 0 Å². The highest BCUT2D eigenvalue weighted by molar-refractivity contribution is 5.96. The fraction of sp³-hybridized carbons (Fsp3) is 0.812. The predicted molar refractivity (Wildman–Crippen MR) is 145 cm³/mol. The van der Waals surface area contributed by atoms with E-state index >= 15 is 0 Å². The van der Waals surface area contributed by atoms with E-state index in [1.165, 1.54) is 32.6 Å². The zero-order chi connectivity index (χ0) is 27.9. The van der Waals surface area contributed by atoms with Crippen LogP contribution in [0.15, 0.2) is 23.3 Å². The molecule has 5 aliphatic rings. The predicted octanol–water partition coefficient (Wildman–Crippen LogP) is 5.86. The molecule has 0 radical (unpaired) electrons. The number of esters is 2. The number of aliphatic hydroxyl groups is 2. The molecule has 0 spiro atoms. The first-order valence-electron chi connectivity index (χ1n) is 14.9. The molecule has 212 valence electrons. The van der Waals surface area contributed by atoms with Gasteiger partial charge in [-0.1, -0.05) is 66.5 Å². The fourth-order valence-corrected chi connectivity index (χ4v) is 10.2. The van der Waals surface area contributed by atoms with Crippen molar-refractivity contribution in [2.24, 2.45) is 39.4 Å². The summed E-state index contributed by atoms with van der Waals surface area (Å²) in [6.45, 7) is 15.1. The van der Waals surface area contributed by atoms with Gasteiger partial charge in [0.25, 0.3) is 0 Å². The molecule has 0 amide bonds. The Morgan fingerprint density at radius 2 is 1.82 bits per heavy atom. The van der Waals surface area contributed by atoms with E-state index in [-0.39, 0.29) is 23.2 Å². The Morgan fingerprint density at radius 3 is 2.47 bits per heavy atom. The summed E-state index contributed by atoms with van der Waals surface area (Å²) in [6.07, 6.45) is 10.9. The molecular weight excluding hydrogens is 480 g/mol. The number of carbonyl (C=O) groups excluding carboxylic acids is 2. The minimum Gasteiger partial charge on any atom is -0.461 e. The maximum atomic E-state index is 13.4. The van der Waals surface area contributed by atoms with Gasteiger partial charge in [0.1, 0.15) is 6.10 Å². The molecule has 0 aromatic carbocycles. The van der Waals surface area contributed by atoms with E-state index in [0.29, 0.717) is 41.2 Å². The Kier molecular flexibility index (Phi) is 6.55. The number of aliphatic hydroxyl groups excluding tert-OH is 1. The third kappa shape index (κ3) is 3.72. The first-order chi connectivity index (χ1) is 17.7. The van der Waals surface area contributed by atoms with Gasteiger partial charge in [-0.3, -0.25) is 4.79 Å². The van der Waals surface area contributed by atoms with Gasteiger partial charge in [-0.15, -0.1) is 0 Å². The van der Waals surface area contributed by atoms with Crippen molar-refractivity contribution in [1.82, 2.24) is 0 Å². The molecule has 0 bridgehead atoms. The van der Waals surface area contributed by atoms with E-state index in [1.54, 1.807) is 0 Å². The third-order valence-electron chi connectivity index (χ3n) is 12.4. The van der Waals surface area contributed by atoms with Crippen LogP contribution < -0.4 is 0 Å². The van der Waals surface area contributed by atoms with Gasteiger partial charge >= 0.3 is 11.9 Å². The Labute approximate surface area is 228 Å². The largest absolute Gasteiger partial charge is 0.461 e. The number of carbonyl (C=O) groups is 2. The van der Waals surface area contributed by atoms with Crippen LogP contribution in [0.2, 0.25) is 0 Å². The van der Waals surface area contributed by atoms with Gasteiger partial charge in [-0.05, 0) is 72.5 Å². The molecule has 10 atom stereocenters. The molecule has 38 heavy (non-hydrogen) atoms. The van der Waals surface area contributed by atoms with Gasteiger partial charge < -0.3 is 19.7 Å². The van der Waals surface area contributed by atoms with Gasteiger partial charge in [0.2, 0.25) is 5.79 Å². The van der Waals surface area contributed by atoms with Crippen molar-refractivity contribution in [3.8, 4) is 0 Å². The number of ether oxygens (including phenoxy) is 2. The topological polar surface area (TPSA) is 93.1 Å². The number of fused-ring (bicyclic) bond motifs is 6. The molecule has 3 saturated carbocycles. The molecular formula is C32H48O6. The number of rotatable bonds is 5. The summed E-state index contributed by atoms with van der Waals surface area (Å²) >= 11 is 0. The average molecular weight is 529 g/mol. The molecule has 1 aliphatic heterocycles. The second kappa shape index (κ2) is 8.92. The minimum absolute atomic E-state index is 0.0459. The monoisotopic (exact) mass is 528 g/mol. The summed E-state index contributed by atoms with van der Waals surface area (Å²) < 4.78 is 11.8. The third-order valence-corrected chi connectivity index (χ3v) is 12.4. The maximum Gasteiger partial charge on any atom is 0.338 e. The van der Waals surface area contributed by atoms with Crippen LogP contribution in [0.5, 0.6) is 0 Å². The Bertz CT molecular complexity index is 1070. The smallest absolute Gasteiger partial charge is 0.338 e. The van der Waals surface area contributed by atoms with E-state index in [2.05, 4.69) is 33.8 Å². The lowest BCUT2D eigenvalue weighted by Crippen LogP contribution is -2.65. The van der Waals surface area contributed by atoms with Crippen molar-refractivity contribution < 1.29 is 29.3 Å². The van der Waals surface area contributed by atoms with Crippen LogP contribution >= 0.6 is 0 Å². The minimum atomic E-state index is -1.70. The van der Waals surface area contributed by atoms with E-state index in [1.807, 2.05) is 19.9 Å². The van der Waals surface area contributed by atoms with Crippen LogP contribution in [0.25, 0.3) is 0 Å². The number of allylic oxidation sites excluding steroid dienone is 1. The average Bonchev–Trinajstić information content (AvgIpc) is 3.08. The highest BCUT2D eigenvalue weighted by atomic mass is 16.7. The van der Waals surface area contributed by atoms with Crippen LogP contribution in [0.4, 0.5) is 0 Å². The van der Waals surface area contributed by atoms with Crippen LogP contribution in [0.1, 0.15) is 106 Å².